The first-order valence-corrected chi connectivity index (χ1v) is 37.4. The molecule has 13 nitrogen and oxygen atoms in total. The number of rotatable bonds is 39. The molecule has 6 aromatic carbocycles. The van der Waals surface area contributed by atoms with Gasteiger partial charge in [0.25, 0.3) is 11.8 Å². The maximum absolute atomic E-state index is 15.7. The van der Waals surface area contributed by atoms with Crippen molar-refractivity contribution in [2.24, 2.45) is 11.8 Å². The molecule has 8 aromatic rings. The summed E-state index contributed by atoms with van der Waals surface area (Å²) in [6.07, 6.45) is 17.0. The summed E-state index contributed by atoms with van der Waals surface area (Å²) in [6, 6.07) is 55.3. The molecular formula is C86H98N4O9S. The number of thiophene rings is 1. The average Bonchev–Trinajstić information content (AvgIpc) is 1.55. The first-order valence-electron chi connectivity index (χ1n) is 36.6. The zero-order chi connectivity index (χ0) is 70.5. The Morgan fingerprint density at radius 2 is 0.920 bits per heavy atom. The predicted molar refractivity (Wildman–Crippen MR) is 406 cm³/mol. The van der Waals surface area contributed by atoms with Gasteiger partial charge in [0.05, 0.1) is 53.8 Å². The van der Waals surface area contributed by atoms with Crippen LogP contribution in [0.15, 0.2) is 179 Å². The summed E-state index contributed by atoms with van der Waals surface area (Å²) in [5, 5.41) is 18.9. The van der Waals surface area contributed by atoms with Crippen LogP contribution < -0.4 is 23.8 Å². The largest absolute Gasteiger partial charge is 0.493 e. The first-order chi connectivity index (χ1) is 48.9. The van der Waals surface area contributed by atoms with Gasteiger partial charge in [0.1, 0.15) is 46.2 Å². The van der Waals surface area contributed by atoms with Crippen LogP contribution in [0, 0.1) is 23.2 Å². The number of benzene rings is 6. The van der Waals surface area contributed by atoms with Crippen molar-refractivity contribution in [3.05, 3.63) is 191 Å². The van der Waals surface area contributed by atoms with E-state index < -0.39 is 11.5 Å². The van der Waals surface area contributed by atoms with Crippen LogP contribution in [-0.2, 0) is 14.4 Å². The van der Waals surface area contributed by atoms with Gasteiger partial charge in [0.15, 0.2) is 0 Å². The van der Waals surface area contributed by atoms with Crippen molar-refractivity contribution in [3.8, 4) is 73.1 Å². The summed E-state index contributed by atoms with van der Waals surface area (Å²) < 4.78 is 31.3. The minimum atomic E-state index is -1.34. The molecule has 522 valence electrons. The molecule has 0 radical (unpaired) electrons. The van der Waals surface area contributed by atoms with Gasteiger partial charge in [0.2, 0.25) is 0 Å². The quantitative estimate of drug-likeness (QED) is 0.0222. The molecule has 2 unspecified atom stereocenters. The van der Waals surface area contributed by atoms with Crippen molar-refractivity contribution < 1.29 is 42.9 Å². The van der Waals surface area contributed by atoms with Gasteiger partial charge >= 0.3 is 5.97 Å². The lowest BCUT2D eigenvalue weighted by atomic mass is 9.97. The number of fused-ring (bicyclic) bond motifs is 1. The number of hydrogen-bond acceptors (Lipinski definition) is 11. The minimum absolute atomic E-state index is 0.164. The van der Waals surface area contributed by atoms with E-state index in [2.05, 4.69) is 157 Å². The highest BCUT2D eigenvalue weighted by Gasteiger charge is 2.50. The summed E-state index contributed by atoms with van der Waals surface area (Å²) in [4.78, 5) is 51.0. The number of ether oxygens (including phenoxy) is 4. The molecular weight excluding hydrogens is 1270 g/mol. The Kier molecular flexibility index (Phi) is 26.3. The van der Waals surface area contributed by atoms with Gasteiger partial charge in [-0.1, -0.05) is 180 Å². The van der Waals surface area contributed by atoms with E-state index in [4.69, 9.17) is 23.4 Å². The zero-order valence-corrected chi connectivity index (χ0v) is 60.5. The zero-order valence-electron chi connectivity index (χ0n) is 59.7. The average molecular weight is 1360 g/mol. The number of hydrogen-bond donors (Lipinski definition) is 1. The molecule has 100 heavy (non-hydrogen) atoms. The van der Waals surface area contributed by atoms with E-state index in [9.17, 15) is 15.2 Å². The van der Waals surface area contributed by atoms with E-state index in [0.29, 0.717) is 73.4 Å². The molecule has 2 aliphatic rings. The number of carboxylic acid groups (broad SMARTS) is 1. The van der Waals surface area contributed by atoms with Crippen molar-refractivity contribution >= 4 is 63.7 Å². The van der Waals surface area contributed by atoms with Crippen LogP contribution in [-0.4, -0.2) is 72.2 Å². The number of carbonyl (C=O) groups is 3. The Morgan fingerprint density at radius 3 is 1.37 bits per heavy atom. The molecule has 0 aliphatic carbocycles. The molecule has 0 fully saturated rings. The van der Waals surface area contributed by atoms with E-state index in [1.165, 1.54) is 6.08 Å². The van der Waals surface area contributed by atoms with Crippen LogP contribution in [0.25, 0.3) is 61.5 Å². The number of unbranched alkanes of at least 4 members (excludes halogenated alkanes) is 6. The second-order valence-electron chi connectivity index (χ2n) is 26.1. The second kappa shape index (κ2) is 36.0. The van der Waals surface area contributed by atoms with E-state index in [1.807, 2.05) is 58.3 Å². The molecule has 2 aliphatic heterocycles. The molecule has 10 rings (SSSR count). The van der Waals surface area contributed by atoms with Crippen LogP contribution in [0.5, 0.6) is 23.0 Å². The van der Waals surface area contributed by atoms with Crippen LogP contribution in [0.4, 0.5) is 17.1 Å². The topological polar surface area (TPSA) is 155 Å². The number of nitriles is 1. The van der Waals surface area contributed by atoms with Crippen molar-refractivity contribution in [3.63, 3.8) is 0 Å². The van der Waals surface area contributed by atoms with Crippen LogP contribution in [0.2, 0.25) is 0 Å². The molecule has 0 saturated heterocycles. The molecule has 4 heterocycles. The third kappa shape index (κ3) is 17.5. The Labute approximate surface area is 596 Å². The fourth-order valence-electron chi connectivity index (χ4n) is 13.0. The first kappa shape index (κ1) is 73.1. The Bertz CT molecular complexity index is 4080. The van der Waals surface area contributed by atoms with Crippen molar-refractivity contribution in [2.75, 3.05) is 44.4 Å². The van der Waals surface area contributed by atoms with Gasteiger partial charge in [-0.2, -0.15) is 5.26 Å². The smallest absolute Gasteiger partial charge is 0.346 e. The lowest BCUT2D eigenvalue weighted by Gasteiger charge is -2.29. The minimum Gasteiger partial charge on any atom is -0.493 e. The number of carboxylic acids is 1. The molecule has 2 atom stereocenters. The molecule has 0 saturated carbocycles. The fourth-order valence-corrected chi connectivity index (χ4v) is 14.0. The SMILES string of the molecule is CCCCOc1ccc(-c2ccc(N(c3ccc(-c4ccc(C5=C6C(=O)N(CC(CC)CCCC)C(c7ccc(-c8ccc(/C=C(\C#N)C(=O)O)o8)cc7)=C6C(=O)N5CC(CC)CCCC)s4)cc3)c3ccc(-c4ccc(OCCCC)cc4OCCCC)cc3)cc2)c(OCCCC)c1. The lowest BCUT2D eigenvalue weighted by Crippen LogP contribution is -2.34. The van der Waals surface area contributed by atoms with Crippen molar-refractivity contribution in [2.45, 2.75) is 158 Å². The predicted octanol–water partition coefficient (Wildman–Crippen LogP) is 22.4. The number of carbonyl (C=O) groups excluding carboxylic acids is 2. The van der Waals surface area contributed by atoms with Crippen LogP contribution >= 0.6 is 11.3 Å². The van der Waals surface area contributed by atoms with E-state index in [-0.39, 0.29) is 29.4 Å². The van der Waals surface area contributed by atoms with Crippen molar-refractivity contribution in [1.82, 2.24) is 9.80 Å². The monoisotopic (exact) mass is 1360 g/mol. The van der Waals surface area contributed by atoms with E-state index in [1.54, 1.807) is 29.5 Å². The summed E-state index contributed by atoms with van der Waals surface area (Å²) in [6.45, 7) is 20.9. The van der Waals surface area contributed by atoms with Gasteiger partial charge in [-0.3, -0.25) is 9.59 Å². The summed E-state index contributed by atoms with van der Waals surface area (Å²) in [5.41, 5.74) is 11.1. The number of furan rings is 1. The summed E-state index contributed by atoms with van der Waals surface area (Å²) in [5.74, 6) is 2.67. The molecule has 2 amide bonds. The molecule has 0 spiro atoms. The molecule has 2 aromatic heterocycles. The molecule has 14 heteroatoms. The Morgan fingerprint density at radius 1 is 0.500 bits per heavy atom. The summed E-state index contributed by atoms with van der Waals surface area (Å²) in [7, 11) is 0. The van der Waals surface area contributed by atoms with E-state index >= 15 is 9.59 Å². The fraction of sp³-hybridized carbons (Fsp3) is 0.372. The van der Waals surface area contributed by atoms with Gasteiger partial charge in [-0.25, -0.2) is 4.79 Å². The summed E-state index contributed by atoms with van der Waals surface area (Å²) >= 11 is 1.60. The third-order valence-corrected chi connectivity index (χ3v) is 20.1. The highest BCUT2D eigenvalue weighted by atomic mass is 32.1. The third-order valence-electron chi connectivity index (χ3n) is 18.9. The number of aliphatic carboxylic acids is 1. The van der Waals surface area contributed by atoms with E-state index in [0.717, 1.165) is 186 Å². The molecule has 1 N–H and O–H groups in total. The van der Waals surface area contributed by atoms with Gasteiger partial charge < -0.3 is 43.2 Å². The lowest BCUT2D eigenvalue weighted by molar-refractivity contribution is -0.132. The van der Waals surface area contributed by atoms with Gasteiger partial charge in [-0.05, 0) is 158 Å². The number of amides is 2. The normalized spacial score (nSPS) is 13.7. The highest BCUT2D eigenvalue weighted by Crippen LogP contribution is 2.50. The standard InChI is InChI=1S/C86H98N4O9S/c1-9-17-23-59(15-7)57-88-82(65-27-25-63(26-28-65)75-46-43-72(99-75)53-66(56-87)86(93)94)80-81(85(88)92)83(89(84(80)91)58-60(16-8)24-18-10-2)79-48-47-78(100-79)64-33-39-69(40-34-64)90(67-35-29-61(30-36-67)73-44-41-70(95-49-19-11-3)54-76(73)97-51-21-13-5)68-37-31-62(32-38-68)74-45-42-71(96-50-20-12-4)55-77(74)98-52-22-14-6/h25-48,53-55,59-60H,9-24,49-52,57-58H2,1-8H3,(H,93,94)/b66-53+. The van der Waals surface area contributed by atoms with Gasteiger partial charge in [-0.15, -0.1) is 11.3 Å². The maximum atomic E-state index is 15.7. The maximum Gasteiger partial charge on any atom is 0.346 e. The van der Waals surface area contributed by atoms with Crippen LogP contribution in [0.1, 0.15) is 174 Å². The number of anilines is 3. The van der Waals surface area contributed by atoms with Crippen molar-refractivity contribution in [1.29, 1.82) is 5.26 Å². The molecule has 0 bridgehead atoms. The second-order valence-corrected chi connectivity index (χ2v) is 27.2. The highest BCUT2D eigenvalue weighted by molar-refractivity contribution is 7.16. The Balaban J connectivity index is 1.04. The number of nitrogens with zero attached hydrogens (tertiary/aromatic N) is 4. The Hall–Kier alpha value is -9.58. The van der Waals surface area contributed by atoms with Gasteiger partial charge in [0, 0.05) is 69.9 Å². The van der Waals surface area contributed by atoms with Crippen LogP contribution in [0.3, 0.4) is 0 Å².